The second kappa shape index (κ2) is 9.47. The third-order valence-electron chi connectivity index (χ3n) is 5.48. The lowest BCUT2D eigenvalue weighted by molar-refractivity contribution is 0.0600. The minimum atomic E-state index is -2.12. The average molecular weight is 446 g/mol. The highest BCUT2D eigenvalue weighted by Crippen LogP contribution is 2.58. The quantitative estimate of drug-likeness (QED) is 0.284. The number of halogens is 1. The van der Waals surface area contributed by atoms with Gasteiger partial charge >= 0.3 is 5.97 Å². The Morgan fingerprint density at radius 3 is 1.61 bits per heavy atom. The predicted octanol–water partition coefficient (Wildman–Crippen LogP) is 5.62. The highest BCUT2D eigenvalue weighted by atomic mass is 35.5. The van der Waals surface area contributed by atoms with Crippen molar-refractivity contribution in [3.8, 4) is 0 Å². The van der Waals surface area contributed by atoms with E-state index in [0.29, 0.717) is 16.7 Å². The summed E-state index contributed by atoms with van der Waals surface area (Å²) in [5.74, 6) is -0.371. The van der Waals surface area contributed by atoms with Gasteiger partial charge in [0.1, 0.15) is 23.2 Å². The second-order valence-electron chi connectivity index (χ2n) is 7.27. The molecule has 0 radical (unpaired) electrons. The van der Waals surface area contributed by atoms with E-state index in [1.54, 1.807) is 6.07 Å². The first-order valence-corrected chi connectivity index (χ1v) is 12.4. The van der Waals surface area contributed by atoms with E-state index in [1.165, 1.54) is 23.0 Å². The van der Waals surface area contributed by atoms with Crippen LogP contribution in [-0.2, 0) is 10.9 Å². The van der Waals surface area contributed by atoms with E-state index in [-0.39, 0.29) is 5.97 Å². The van der Waals surface area contributed by atoms with Crippen molar-refractivity contribution in [2.75, 3.05) is 7.11 Å². The van der Waals surface area contributed by atoms with E-state index < -0.39 is 7.26 Å². The van der Waals surface area contributed by atoms with E-state index >= 15 is 0 Å². The molecule has 31 heavy (non-hydrogen) atoms. The molecule has 4 heteroatoms. The van der Waals surface area contributed by atoms with Crippen molar-refractivity contribution in [3.63, 3.8) is 0 Å². The number of carbonyl (C=O) groups excluding carboxylic acids is 1. The summed E-state index contributed by atoms with van der Waals surface area (Å²) in [6, 6.07) is 37.3. The Bertz CT molecular complexity index is 1070. The molecule has 4 aromatic carbocycles. The van der Waals surface area contributed by atoms with Crippen molar-refractivity contribution < 1.29 is 9.53 Å². The molecule has 0 unspecified atom stereocenters. The molecule has 0 aliphatic rings. The highest BCUT2D eigenvalue weighted by molar-refractivity contribution is 7.95. The van der Waals surface area contributed by atoms with Crippen molar-refractivity contribution in [2.45, 2.75) is 6.16 Å². The number of hydrogen-bond donors (Lipinski definition) is 0. The molecule has 0 N–H and O–H groups in total. The van der Waals surface area contributed by atoms with Gasteiger partial charge in [-0.25, -0.2) is 4.79 Å². The van der Waals surface area contributed by atoms with E-state index in [4.69, 9.17) is 16.3 Å². The van der Waals surface area contributed by atoms with E-state index in [0.717, 1.165) is 5.56 Å². The molecule has 154 valence electrons. The Morgan fingerprint density at radius 2 is 1.19 bits per heavy atom. The molecular formula is C27H23ClO2P+. The van der Waals surface area contributed by atoms with Crippen LogP contribution in [0.2, 0.25) is 5.02 Å². The zero-order valence-corrected chi connectivity index (χ0v) is 18.9. The number of rotatable bonds is 6. The molecule has 2 nitrogen and oxygen atoms in total. The van der Waals surface area contributed by atoms with Crippen LogP contribution in [0.15, 0.2) is 109 Å². The molecule has 4 rings (SSSR count). The van der Waals surface area contributed by atoms with Crippen LogP contribution in [0.1, 0.15) is 15.9 Å². The normalized spacial score (nSPS) is 11.2. The second-order valence-corrected chi connectivity index (χ2v) is 11.2. The lowest BCUT2D eigenvalue weighted by Gasteiger charge is -2.28. The number of carbonyl (C=O) groups is 1. The SMILES string of the molecule is COC(=O)c1cc(Cl)ccc1C[P+](c1ccccc1)(c1ccccc1)c1ccccc1. The topological polar surface area (TPSA) is 26.3 Å². The van der Waals surface area contributed by atoms with Crippen LogP contribution < -0.4 is 15.9 Å². The van der Waals surface area contributed by atoms with Crippen molar-refractivity contribution >= 4 is 40.7 Å². The first kappa shape index (κ1) is 21.3. The summed E-state index contributed by atoms with van der Waals surface area (Å²) in [5, 5.41) is 4.31. The van der Waals surface area contributed by atoms with Crippen LogP contribution in [0, 0.1) is 0 Å². The fraction of sp³-hybridized carbons (Fsp3) is 0.0741. The van der Waals surface area contributed by atoms with Crippen molar-refractivity contribution in [3.05, 3.63) is 125 Å². The lowest BCUT2D eigenvalue weighted by Crippen LogP contribution is -2.32. The summed E-state index contributed by atoms with van der Waals surface area (Å²) >= 11 is 6.24. The molecule has 0 saturated carbocycles. The fourth-order valence-electron chi connectivity index (χ4n) is 4.01. The molecule has 0 bridgehead atoms. The summed E-state index contributed by atoms with van der Waals surface area (Å²) in [6.07, 6.45) is 0.687. The molecule has 0 spiro atoms. The van der Waals surface area contributed by atoms with Crippen molar-refractivity contribution in [1.29, 1.82) is 0 Å². The highest BCUT2D eigenvalue weighted by Gasteiger charge is 2.46. The van der Waals surface area contributed by atoms with Gasteiger partial charge in [-0.1, -0.05) is 72.3 Å². The third-order valence-corrected chi connectivity index (χ3v) is 10.1. The van der Waals surface area contributed by atoms with Crippen molar-refractivity contribution in [1.82, 2.24) is 0 Å². The van der Waals surface area contributed by atoms with Gasteiger partial charge < -0.3 is 4.74 Å². The fourth-order valence-corrected chi connectivity index (χ4v) is 8.45. The van der Waals surface area contributed by atoms with Crippen LogP contribution in [-0.4, -0.2) is 13.1 Å². The number of esters is 1. The van der Waals surface area contributed by atoms with Gasteiger partial charge in [0.05, 0.1) is 18.8 Å². The maximum Gasteiger partial charge on any atom is 0.338 e. The molecule has 0 fully saturated rings. The van der Waals surface area contributed by atoms with Gasteiger partial charge in [-0.05, 0) is 48.5 Å². The zero-order chi connectivity index (χ0) is 21.7. The number of methoxy groups -OCH3 is 1. The minimum Gasteiger partial charge on any atom is -0.465 e. The molecule has 0 saturated heterocycles. The molecule has 4 aromatic rings. The maximum absolute atomic E-state index is 12.6. The number of hydrogen-bond acceptors (Lipinski definition) is 2. The Labute approximate surface area is 188 Å². The van der Waals surface area contributed by atoms with Crippen LogP contribution in [0.4, 0.5) is 0 Å². The summed E-state index contributed by atoms with van der Waals surface area (Å²) in [5.41, 5.74) is 1.45. The van der Waals surface area contributed by atoms with Crippen LogP contribution in [0.3, 0.4) is 0 Å². The Kier molecular flexibility index (Phi) is 6.51. The molecule has 0 heterocycles. The summed E-state index contributed by atoms with van der Waals surface area (Å²) < 4.78 is 5.08. The van der Waals surface area contributed by atoms with Crippen molar-refractivity contribution in [2.24, 2.45) is 0 Å². The predicted molar refractivity (Wildman–Crippen MR) is 132 cm³/mol. The van der Waals surface area contributed by atoms with Gasteiger partial charge in [0.15, 0.2) is 0 Å². The Hall–Kier alpha value is -2.93. The standard InChI is InChI=1S/C27H23ClO2P/c1-30-27(29)26-19-22(28)18-17-21(26)20-31(23-11-5-2-6-12-23,24-13-7-3-8-14-24)25-15-9-4-10-16-25/h2-19H,20H2,1H3/q+1. The van der Waals surface area contributed by atoms with E-state index in [1.807, 2.05) is 30.3 Å². The van der Waals surface area contributed by atoms with Gasteiger partial charge in [0.25, 0.3) is 0 Å². The van der Waals surface area contributed by atoms with E-state index in [9.17, 15) is 4.79 Å². The van der Waals surface area contributed by atoms with Crippen LogP contribution >= 0.6 is 18.9 Å². The van der Waals surface area contributed by atoms with Gasteiger partial charge in [-0.3, -0.25) is 0 Å². The molecule has 0 aliphatic carbocycles. The third kappa shape index (κ3) is 4.28. The van der Waals surface area contributed by atoms with Gasteiger partial charge in [-0.15, -0.1) is 0 Å². The van der Waals surface area contributed by atoms with Gasteiger partial charge in [-0.2, -0.15) is 0 Å². The van der Waals surface area contributed by atoms with Gasteiger partial charge in [0, 0.05) is 10.6 Å². The monoisotopic (exact) mass is 445 g/mol. The molecule has 0 amide bonds. The number of benzene rings is 4. The molecule has 0 aliphatic heterocycles. The smallest absolute Gasteiger partial charge is 0.338 e. The largest absolute Gasteiger partial charge is 0.465 e. The van der Waals surface area contributed by atoms with Crippen LogP contribution in [0.5, 0.6) is 0 Å². The van der Waals surface area contributed by atoms with Gasteiger partial charge in [0.2, 0.25) is 0 Å². The minimum absolute atomic E-state index is 0.371. The first-order valence-electron chi connectivity index (χ1n) is 10.1. The maximum atomic E-state index is 12.6. The summed E-state index contributed by atoms with van der Waals surface area (Å²) in [7, 11) is -0.714. The molecular weight excluding hydrogens is 423 g/mol. The summed E-state index contributed by atoms with van der Waals surface area (Å²) in [4.78, 5) is 12.6. The van der Waals surface area contributed by atoms with Crippen LogP contribution in [0.25, 0.3) is 0 Å². The number of ether oxygens (including phenoxy) is 1. The Morgan fingerprint density at radius 1 is 0.742 bits per heavy atom. The van der Waals surface area contributed by atoms with E-state index in [2.05, 4.69) is 72.8 Å². The lowest BCUT2D eigenvalue weighted by atomic mass is 10.1. The summed E-state index contributed by atoms with van der Waals surface area (Å²) in [6.45, 7) is 0. The average Bonchev–Trinajstić information content (AvgIpc) is 2.84. The zero-order valence-electron chi connectivity index (χ0n) is 17.2. The molecule has 0 aromatic heterocycles. The first-order chi connectivity index (χ1) is 15.1. The Balaban J connectivity index is 2.02. The molecule has 0 atom stereocenters.